The van der Waals surface area contributed by atoms with Gasteiger partial charge in [-0.15, -0.1) is 11.3 Å². The lowest BCUT2D eigenvalue weighted by atomic mass is 9.89. The van der Waals surface area contributed by atoms with Crippen molar-refractivity contribution in [1.82, 2.24) is 14.9 Å². The number of amides is 3. The van der Waals surface area contributed by atoms with Crippen molar-refractivity contribution in [2.75, 3.05) is 30.4 Å². The Kier molecular flexibility index (Phi) is 8.61. The number of rotatable bonds is 5. The van der Waals surface area contributed by atoms with Gasteiger partial charge >= 0.3 is 17.9 Å². The van der Waals surface area contributed by atoms with E-state index in [1.807, 2.05) is 0 Å². The van der Waals surface area contributed by atoms with Crippen LogP contribution in [0.1, 0.15) is 100 Å². The molecule has 0 radical (unpaired) electrons. The summed E-state index contributed by atoms with van der Waals surface area (Å²) >= 11 is 1.74. The van der Waals surface area contributed by atoms with Crippen LogP contribution in [0.4, 0.5) is 16.3 Å². The van der Waals surface area contributed by atoms with E-state index in [9.17, 15) is 14.4 Å². The van der Waals surface area contributed by atoms with Crippen LogP contribution in [0.25, 0.3) is 10.2 Å². The van der Waals surface area contributed by atoms with Gasteiger partial charge in [-0.25, -0.2) is 14.8 Å². The van der Waals surface area contributed by atoms with Crippen LogP contribution in [0.2, 0.25) is 0 Å². The number of ether oxygens (including phenoxy) is 2. The zero-order valence-electron chi connectivity index (χ0n) is 25.9. The fourth-order valence-corrected chi connectivity index (χ4v) is 7.20. The van der Waals surface area contributed by atoms with Gasteiger partial charge in [0, 0.05) is 31.2 Å². The van der Waals surface area contributed by atoms with Gasteiger partial charge < -0.3 is 19.7 Å². The molecule has 2 aliphatic heterocycles. The maximum absolute atomic E-state index is 13.7. The van der Waals surface area contributed by atoms with E-state index in [1.54, 1.807) is 43.1 Å². The molecule has 1 aliphatic carbocycles. The molecule has 4 heterocycles. The van der Waals surface area contributed by atoms with Crippen LogP contribution in [0.5, 0.6) is 0 Å². The fourth-order valence-electron chi connectivity index (χ4n) is 6.09. The number of hydrogen-bond acceptors (Lipinski definition) is 8. The van der Waals surface area contributed by atoms with Gasteiger partial charge in [-0.3, -0.25) is 14.9 Å². The van der Waals surface area contributed by atoms with Gasteiger partial charge in [0.1, 0.15) is 11.4 Å². The van der Waals surface area contributed by atoms with Crippen LogP contribution < -0.4 is 10.6 Å². The molecule has 0 spiro atoms. The van der Waals surface area contributed by atoms with Crippen molar-refractivity contribution in [2.24, 2.45) is 5.92 Å². The molecule has 11 heteroatoms. The molecule has 10 nitrogen and oxygen atoms in total. The Balaban J connectivity index is 1.18. The number of thiazole rings is 1. The maximum atomic E-state index is 13.7. The molecular formula is C33H41N5O5S. The van der Waals surface area contributed by atoms with Crippen LogP contribution in [-0.2, 0) is 19.1 Å². The monoisotopic (exact) mass is 619 g/mol. The predicted octanol–water partition coefficient (Wildman–Crippen LogP) is 6.75. The summed E-state index contributed by atoms with van der Waals surface area (Å²) in [6.07, 6.45) is 6.55. The molecule has 234 valence electrons. The molecule has 2 atom stereocenters. The number of nitrogens with one attached hydrogen (secondary N) is 2. The van der Waals surface area contributed by atoms with Crippen LogP contribution in [0.15, 0.2) is 30.5 Å². The Hall–Kier alpha value is -3.57. The van der Waals surface area contributed by atoms with Crippen molar-refractivity contribution in [1.29, 1.82) is 0 Å². The summed E-state index contributed by atoms with van der Waals surface area (Å²) in [4.78, 5) is 50.5. The van der Waals surface area contributed by atoms with Gasteiger partial charge in [0.25, 0.3) is 0 Å². The molecule has 1 aromatic carbocycles. The molecule has 0 bridgehead atoms. The molecule has 2 aromatic heterocycles. The van der Waals surface area contributed by atoms with E-state index in [2.05, 4.69) is 40.7 Å². The van der Waals surface area contributed by atoms with Crippen molar-refractivity contribution < 1.29 is 23.9 Å². The molecule has 3 aromatic rings. The van der Waals surface area contributed by atoms with Gasteiger partial charge in [-0.1, -0.05) is 13.0 Å². The smallest absolute Gasteiger partial charge is 0.413 e. The molecule has 1 saturated carbocycles. The van der Waals surface area contributed by atoms with Gasteiger partial charge in [-0.05, 0) is 94.9 Å². The van der Waals surface area contributed by atoms with Crippen molar-refractivity contribution in [3.8, 4) is 0 Å². The van der Waals surface area contributed by atoms with E-state index in [0.717, 1.165) is 78.1 Å². The third-order valence-electron chi connectivity index (χ3n) is 8.47. The Bertz CT molecular complexity index is 1560. The SMILES string of the molecule is C[C@H]1CCC(c2ccc3sc(C4CCOCC4)nc3c2)N(C(=O)C(=O)Nc2cnc(NC(=O)OC(C)(C)C)c(C3CC3)c2)C1. The molecule has 1 unspecified atom stereocenters. The summed E-state index contributed by atoms with van der Waals surface area (Å²) in [5.41, 5.74) is 2.56. The highest BCUT2D eigenvalue weighted by Gasteiger charge is 2.35. The summed E-state index contributed by atoms with van der Waals surface area (Å²) in [5.74, 6) is 0.101. The molecule has 44 heavy (non-hydrogen) atoms. The first-order valence-electron chi connectivity index (χ1n) is 15.6. The van der Waals surface area contributed by atoms with Crippen molar-refractivity contribution >= 4 is 51.0 Å². The predicted molar refractivity (Wildman–Crippen MR) is 170 cm³/mol. The van der Waals surface area contributed by atoms with Gasteiger partial charge in [-0.2, -0.15) is 0 Å². The highest BCUT2D eigenvalue weighted by molar-refractivity contribution is 7.18. The van der Waals surface area contributed by atoms with E-state index >= 15 is 0 Å². The fraction of sp³-hybridized carbons (Fsp3) is 0.545. The van der Waals surface area contributed by atoms with Crippen LogP contribution in [-0.4, -0.2) is 58.1 Å². The second-order valence-corrected chi connectivity index (χ2v) is 14.4. The second kappa shape index (κ2) is 12.4. The highest BCUT2D eigenvalue weighted by Crippen LogP contribution is 2.44. The summed E-state index contributed by atoms with van der Waals surface area (Å²) in [5, 5.41) is 6.66. The molecule has 6 rings (SSSR count). The van der Waals surface area contributed by atoms with E-state index in [-0.39, 0.29) is 17.9 Å². The number of piperidine rings is 1. The quantitative estimate of drug-likeness (QED) is 0.303. The minimum Gasteiger partial charge on any atom is -0.444 e. The lowest BCUT2D eigenvalue weighted by Gasteiger charge is -2.38. The summed E-state index contributed by atoms with van der Waals surface area (Å²) in [7, 11) is 0. The minimum atomic E-state index is -0.697. The van der Waals surface area contributed by atoms with Crippen molar-refractivity contribution in [3.05, 3.63) is 46.6 Å². The summed E-state index contributed by atoms with van der Waals surface area (Å²) < 4.78 is 12.0. The number of fused-ring (bicyclic) bond motifs is 1. The number of carbonyl (C=O) groups is 3. The van der Waals surface area contributed by atoms with Crippen LogP contribution in [0.3, 0.4) is 0 Å². The standard InChI is InChI=1S/C33H41N5O5S/c1-19-5-9-26(22-8-10-27-25(15-22)36-30(44-27)21-11-13-42-14-12-21)38(18-19)31(40)29(39)35-23-16-24(20-6-7-20)28(34-17-23)37-32(41)43-33(2,3)4/h8,10,15-17,19-21,26H,5-7,9,11-14,18H2,1-4H3,(H,35,39)(H,34,37,41)/t19-,26?/m0/s1. The number of anilines is 2. The first-order valence-corrected chi connectivity index (χ1v) is 16.5. The lowest BCUT2D eigenvalue weighted by molar-refractivity contribution is -0.146. The summed E-state index contributed by atoms with van der Waals surface area (Å²) in [6.45, 7) is 9.56. The Morgan fingerprint density at radius 2 is 1.77 bits per heavy atom. The van der Waals surface area contributed by atoms with Gasteiger partial charge in [0.2, 0.25) is 0 Å². The maximum Gasteiger partial charge on any atom is 0.413 e. The summed E-state index contributed by atoms with van der Waals surface area (Å²) in [6, 6.07) is 7.86. The topological polar surface area (TPSA) is 123 Å². The molecular weight excluding hydrogens is 578 g/mol. The Morgan fingerprint density at radius 1 is 1.00 bits per heavy atom. The minimum absolute atomic E-state index is 0.206. The molecule has 2 saturated heterocycles. The van der Waals surface area contributed by atoms with Crippen molar-refractivity contribution in [3.63, 3.8) is 0 Å². The molecule has 3 fully saturated rings. The van der Waals surface area contributed by atoms with Crippen molar-refractivity contribution in [2.45, 2.75) is 89.7 Å². The number of hydrogen-bond donors (Lipinski definition) is 2. The first-order chi connectivity index (χ1) is 21.0. The number of pyridine rings is 1. The number of nitrogens with zero attached hydrogens (tertiary/aromatic N) is 3. The molecule has 3 aliphatic rings. The lowest BCUT2D eigenvalue weighted by Crippen LogP contribution is -2.46. The van der Waals surface area contributed by atoms with E-state index < -0.39 is 23.5 Å². The second-order valence-electron chi connectivity index (χ2n) is 13.3. The number of benzene rings is 1. The normalized spacial score (nSPS) is 21.2. The van der Waals surface area contributed by atoms with E-state index in [0.29, 0.717) is 24.0 Å². The average molecular weight is 620 g/mol. The van der Waals surface area contributed by atoms with Crippen LogP contribution >= 0.6 is 11.3 Å². The van der Waals surface area contributed by atoms with E-state index in [1.165, 1.54) is 6.20 Å². The largest absolute Gasteiger partial charge is 0.444 e. The van der Waals surface area contributed by atoms with E-state index in [4.69, 9.17) is 14.5 Å². The average Bonchev–Trinajstić information content (AvgIpc) is 3.74. The third-order valence-corrected chi connectivity index (χ3v) is 9.67. The number of likely N-dealkylation sites (tertiary alicyclic amines) is 1. The van der Waals surface area contributed by atoms with Crippen LogP contribution in [0, 0.1) is 5.92 Å². The first kappa shape index (κ1) is 30.5. The zero-order valence-corrected chi connectivity index (χ0v) is 26.7. The zero-order chi connectivity index (χ0) is 31.0. The van der Waals surface area contributed by atoms with Gasteiger partial charge in [0.15, 0.2) is 0 Å². The molecule has 3 amide bonds. The Morgan fingerprint density at radius 3 is 2.50 bits per heavy atom. The third kappa shape index (κ3) is 7.04. The number of aromatic nitrogens is 2. The molecule has 2 N–H and O–H groups in total. The Labute approximate surface area is 261 Å². The highest BCUT2D eigenvalue weighted by atomic mass is 32.1. The van der Waals surface area contributed by atoms with Gasteiger partial charge in [0.05, 0.1) is 33.2 Å². The number of carbonyl (C=O) groups excluding carboxylic acids is 3.